The first-order valence-electron chi connectivity index (χ1n) is 11.7. The minimum absolute atomic E-state index is 0.0448. The van der Waals surface area contributed by atoms with Gasteiger partial charge in [0.15, 0.2) is 0 Å². The van der Waals surface area contributed by atoms with Crippen molar-refractivity contribution in [2.24, 2.45) is 5.92 Å². The number of carbonyl (C=O) groups is 1. The number of hydrogen-bond donors (Lipinski definition) is 0. The van der Waals surface area contributed by atoms with E-state index in [4.69, 9.17) is 22.9 Å². The maximum absolute atomic E-state index is 13.5. The number of ether oxygens (including phenoxy) is 1. The monoisotopic (exact) mass is 538 g/mol. The Labute approximate surface area is 209 Å². The van der Waals surface area contributed by atoms with Crippen molar-refractivity contribution in [3.63, 3.8) is 0 Å². The number of carbonyl (C=O) groups excluding carboxylic acids is 1. The zero-order chi connectivity index (χ0) is 26.3. The zero-order valence-corrected chi connectivity index (χ0v) is 23.0. The van der Waals surface area contributed by atoms with Crippen LogP contribution in [0.2, 0.25) is 0 Å². The van der Waals surface area contributed by atoms with Crippen LogP contribution in [0.4, 0.5) is 0 Å². The summed E-state index contributed by atoms with van der Waals surface area (Å²) in [6.45, 7) is 5.89. The molecule has 0 aromatic heterocycles. The lowest BCUT2D eigenvalue weighted by atomic mass is 10.0. The van der Waals surface area contributed by atoms with E-state index in [0.717, 1.165) is 18.4 Å². The molecule has 0 bridgehead atoms. The van der Waals surface area contributed by atoms with Crippen LogP contribution in [0.15, 0.2) is 29.2 Å². The Morgan fingerprint density at radius 2 is 1.57 bits per heavy atom. The molecule has 0 N–H and O–H groups in total. The number of unbranched alkanes of at least 4 members (excludes halogenated alkanes) is 2. The normalized spacial score (nSPS) is 14.0. The molecule has 1 rings (SSSR count). The van der Waals surface area contributed by atoms with E-state index in [2.05, 4.69) is 4.89 Å². The fourth-order valence-corrected chi connectivity index (χ4v) is 6.07. The van der Waals surface area contributed by atoms with Crippen molar-refractivity contribution in [2.75, 3.05) is 40.2 Å². The molecular formula is C23H39O10PS. The van der Waals surface area contributed by atoms with E-state index in [9.17, 15) is 17.8 Å². The summed E-state index contributed by atoms with van der Waals surface area (Å²) in [5.74, 6) is -1.73. The van der Waals surface area contributed by atoms with Gasteiger partial charge >= 0.3 is 13.6 Å². The third-order valence-electron chi connectivity index (χ3n) is 5.04. The van der Waals surface area contributed by atoms with Gasteiger partial charge in [-0.2, -0.15) is 8.42 Å². The van der Waals surface area contributed by atoms with E-state index in [1.165, 1.54) is 26.4 Å². The van der Waals surface area contributed by atoms with Gasteiger partial charge in [-0.05, 0) is 38.3 Å². The molecule has 12 heteroatoms. The van der Waals surface area contributed by atoms with Crippen LogP contribution in [-0.2, 0) is 47.2 Å². The van der Waals surface area contributed by atoms with Gasteiger partial charge < -0.3 is 13.8 Å². The van der Waals surface area contributed by atoms with Crippen LogP contribution in [0, 0.1) is 12.8 Å². The lowest BCUT2D eigenvalue weighted by molar-refractivity contribution is -0.283. The van der Waals surface area contributed by atoms with Gasteiger partial charge in [0.1, 0.15) is 12.7 Å². The van der Waals surface area contributed by atoms with E-state index in [-0.39, 0.29) is 37.3 Å². The Balaban J connectivity index is 3.12. The minimum Gasteiger partial charge on any atom is -0.469 e. The number of benzene rings is 1. The first-order valence-corrected chi connectivity index (χ1v) is 14.9. The minimum atomic E-state index is -4.18. The van der Waals surface area contributed by atoms with Crippen molar-refractivity contribution in [1.29, 1.82) is 0 Å². The highest BCUT2D eigenvalue weighted by Gasteiger charge is 2.37. The predicted octanol–water partition coefficient (Wildman–Crippen LogP) is 4.65. The second-order valence-corrected chi connectivity index (χ2v) is 11.7. The highest BCUT2D eigenvalue weighted by atomic mass is 32.2. The average molecular weight is 539 g/mol. The highest BCUT2D eigenvalue weighted by Crippen LogP contribution is 2.51. The molecule has 1 aromatic carbocycles. The first kappa shape index (κ1) is 31.7. The molecule has 35 heavy (non-hydrogen) atoms. The highest BCUT2D eigenvalue weighted by molar-refractivity contribution is 7.86. The Kier molecular flexibility index (Phi) is 14.9. The largest absolute Gasteiger partial charge is 0.469 e. The molecule has 0 fully saturated rings. The van der Waals surface area contributed by atoms with Gasteiger partial charge in [0, 0.05) is 0 Å². The summed E-state index contributed by atoms with van der Waals surface area (Å²) >= 11 is 0. The van der Waals surface area contributed by atoms with Crippen LogP contribution < -0.4 is 0 Å². The molecule has 0 unspecified atom stereocenters. The molecule has 2 atom stereocenters. The predicted molar refractivity (Wildman–Crippen MR) is 131 cm³/mol. The summed E-state index contributed by atoms with van der Waals surface area (Å²) in [7, 11) is -5.40. The third kappa shape index (κ3) is 12.0. The standard InChI is InChI=1S/C23H39O10PS/c1-6-8-14-31-34(25,32-15-9-7-2)18-20(23(24)28-4)16-21(17-30-29-5)33-35(26,27)22-12-10-19(3)11-13-22/h10-13,20-21H,6-9,14-18H2,1-5H3/t20-,21-/m1/s1. The molecular weight excluding hydrogens is 499 g/mol. The summed E-state index contributed by atoms with van der Waals surface area (Å²) in [6.07, 6.45) is 1.40. The molecule has 0 heterocycles. The maximum atomic E-state index is 13.5. The maximum Gasteiger partial charge on any atom is 0.331 e. The fourth-order valence-electron chi connectivity index (χ4n) is 3.06. The summed E-state index contributed by atoms with van der Waals surface area (Å²) in [5.41, 5.74) is 0.885. The molecule has 0 amide bonds. The summed E-state index contributed by atoms with van der Waals surface area (Å²) in [6, 6.07) is 6.14. The average Bonchev–Trinajstić information content (AvgIpc) is 2.82. The lowest BCUT2D eigenvalue weighted by Gasteiger charge is -2.25. The number of rotatable bonds is 19. The molecule has 10 nitrogen and oxygen atoms in total. The summed E-state index contributed by atoms with van der Waals surface area (Å²) in [5, 5.41) is 0. The van der Waals surface area contributed by atoms with Crippen molar-refractivity contribution in [3.05, 3.63) is 29.8 Å². The molecule has 0 spiro atoms. The number of esters is 1. The van der Waals surface area contributed by atoms with E-state index < -0.39 is 35.7 Å². The summed E-state index contributed by atoms with van der Waals surface area (Å²) in [4.78, 5) is 22.1. The Bertz CT molecular complexity index is 874. The topological polar surface area (TPSA) is 124 Å². The quantitative estimate of drug-likeness (QED) is 0.0614. The van der Waals surface area contributed by atoms with Gasteiger partial charge in [-0.3, -0.25) is 13.5 Å². The SMILES string of the molecule is CCCCOP(=O)(C[C@@H](C[C@H](COOC)OS(=O)(=O)c1ccc(C)cc1)C(=O)OC)OCCCC. The van der Waals surface area contributed by atoms with Gasteiger partial charge in [0.25, 0.3) is 10.1 Å². The number of aryl methyl sites for hydroxylation is 1. The first-order chi connectivity index (χ1) is 16.6. The number of hydrogen-bond acceptors (Lipinski definition) is 10. The van der Waals surface area contributed by atoms with Gasteiger partial charge in [-0.1, -0.05) is 44.4 Å². The molecule has 202 valence electrons. The molecule has 0 saturated heterocycles. The second kappa shape index (κ2) is 16.4. The van der Waals surface area contributed by atoms with Crippen LogP contribution >= 0.6 is 7.60 Å². The Hall–Kier alpha value is -1.33. The van der Waals surface area contributed by atoms with Crippen molar-refractivity contribution in [2.45, 2.75) is 63.9 Å². The molecule has 0 saturated carbocycles. The summed E-state index contributed by atoms with van der Waals surface area (Å²) < 4.78 is 60.6. The zero-order valence-electron chi connectivity index (χ0n) is 21.3. The van der Waals surface area contributed by atoms with Crippen molar-refractivity contribution >= 4 is 23.7 Å². The lowest BCUT2D eigenvalue weighted by Crippen LogP contribution is -2.32. The molecule has 0 radical (unpaired) electrons. The van der Waals surface area contributed by atoms with E-state index >= 15 is 0 Å². The molecule has 0 aliphatic rings. The van der Waals surface area contributed by atoms with E-state index in [1.807, 2.05) is 20.8 Å². The molecule has 1 aromatic rings. The van der Waals surface area contributed by atoms with E-state index in [1.54, 1.807) is 12.1 Å². The van der Waals surface area contributed by atoms with Crippen LogP contribution in [0.3, 0.4) is 0 Å². The van der Waals surface area contributed by atoms with Gasteiger partial charge in [0.2, 0.25) is 0 Å². The Morgan fingerprint density at radius 3 is 2.06 bits per heavy atom. The smallest absolute Gasteiger partial charge is 0.331 e. The Morgan fingerprint density at radius 1 is 1.00 bits per heavy atom. The van der Waals surface area contributed by atoms with Crippen LogP contribution in [0.5, 0.6) is 0 Å². The molecule has 0 aliphatic heterocycles. The number of methoxy groups -OCH3 is 1. The van der Waals surface area contributed by atoms with E-state index in [0.29, 0.717) is 12.8 Å². The van der Waals surface area contributed by atoms with Crippen LogP contribution in [-0.4, -0.2) is 60.7 Å². The second-order valence-electron chi connectivity index (χ2n) is 8.06. The van der Waals surface area contributed by atoms with Crippen molar-refractivity contribution in [3.8, 4) is 0 Å². The van der Waals surface area contributed by atoms with Crippen molar-refractivity contribution in [1.82, 2.24) is 0 Å². The van der Waals surface area contributed by atoms with Gasteiger partial charge in [-0.15, -0.1) is 0 Å². The fraction of sp³-hybridized carbons (Fsp3) is 0.696. The van der Waals surface area contributed by atoms with Crippen molar-refractivity contribution < 1.29 is 45.5 Å². The van der Waals surface area contributed by atoms with Crippen LogP contribution in [0.1, 0.15) is 51.5 Å². The van der Waals surface area contributed by atoms with Crippen LogP contribution in [0.25, 0.3) is 0 Å². The van der Waals surface area contributed by atoms with Gasteiger partial charge in [0.05, 0.1) is 44.4 Å². The molecule has 0 aliphatic carbocycles. The van der Waals surface area contributed by atoms with Gasteiger partial charge in [-0.25, -0.2) is 9.78 Å². The third-order valence-corrected chi connectivity index (χ3v) is 8.46.